The molecule has 1 rings (SSSR count). The van der Waals surface area contributed by atoms with Gasteiger partial charge in [0.2, 0.25) is 10.0 Å². The molecule has 0 radical (unpaired) electrons. The molecule has 0 saturated carbocycles. The summed E-state index contributed by atoms with van der Waals surface area (Å²) < 4.78 is 24.6. The topological polar surface area (TPSA) is 91.4 Å². The Bertz CT molecular complexity index is 607. The highest BCUT2D eigenvalue weighted by molar-refractivity contribution is 7.88. The molecule has 0 unspecified atom stereocenters. The van der Waals surface area contributed by atoms with Crippen LogP contribution in [0.3, 0.4) is 0 Å². The Morgan fingerprint density at radius 3 is 2.68 bits per heavy atom. The second-order valence-corrected chi connectivity index (χ2v) is 7.40. The molecule has 9 heteroatoms. The predicted molar refractivity (Wildman–Crippen MR) is 87.6 cm³/mol. The Hall–Kier alpha value is -1.38. The van der Waals surface area contributed by atoms with Crippen molar-refractivity contribution in [3.63, 3.8) is 0 Å². The van der Waals surface area contributed by atoms with Crippen LogP contribution in [0.25, 0.3) is 0 Å². The number of carbonyl (C=O) groups is 1. The van der Waals surface area contributed by atoms with Crippen molar-refractivity contribution in [1.82, 2.24) is 14.6 Å². The number of hydrogen-bond donors (Lipinski definition) is 2. The highest BCUT2D eigenvalue weighted by Crippen LogP contribution is 2.18. The molecule has 0 atom stereocenters. The lowest BCUT2D eigenvalue weighted by Crippen LogP contribution is -2.38. The molecule has 0 saturated heterocycles. The van der Waals surface area contributed by atoms with Crippen molar-refractivity contribution in [3.05, 3.63) is 23.5 Å². The first kappa shape index (κ1) is 18.7. The molecule has 0 aliphatic rings. The summed E-state index contributed by atoms with van der Waals surface area (Å²) in [6.07, 6.45) is 4.65. The number of urea groups is 1. The number of rotatable bonds is 7. The number of sulfonamides is 1. The van der Waals surface area contributed by atoms with E-state index in [0.29, 0.717) is 30.2 Å². The van der Waals surface area contributed by atoms with Crippen molar-refractivity contribution in [2.45, 2.75) is 26.3 Å². The van der Waals surface area contributed by atoms with Gasteiger partial charge in [-0.1, -0.05) is 11.6 Å². The Morgan fingerprint density at radius 2 is 2.14 bits per heavy atom. The molecule has 0 fully saturated rings. The van der Waals surface area contributed by atoms with Crippen LogP contribution in [0.1, 0.15) is 20.3 Å². The molecule has 7 nitrogen and oxygen atoms in total. The maximum Gasteiger partial charge on any atom is 0.319 e. The highest BCUT2D eigenvalue weighted by atomic mass is 35.5. The van der Waals surface area contributed by atoms with Crippen LogP contribution in [0, 0.1) is 0 Å². The van der Waals surface area contributed by atoms with Gasteiger partial charge in [-0.15, -0.1) is 0 Å². The molecular formula is C13H21ClN4O3S. The van der Waals surface area contributed by atoms with E-state index in [1.54, 1.807) is 6.07 Å². The van der Waals surface area contributed by atoms with Gasteiger partial charge in [0.1, 0.15) is 0 Å². The van der Waals surface area contributed by atoms with Gasteiger partial charge in [0.15, 0.2) is 0 Å². The van der Waals surface area contributed by atoms with Gasteiger partial charge < -0.3 is 10.6 Å². The number of amides is 2. The molecule has 0 spiro atoms. The van der Waals surface area contributed by atoms with E-state index in [-0.39, 0.29) is 6.04 Å². The van der Waals surface area contributed by atoms with Gasteiger partial charge in [-0.2, -0.15) is 4.31 Å². The minimum absolute atomic E-state index is 0.112. The van der Waals surface area contributed by atoms with E-state index in [1.807, 2.05) is 13.8 Å². The number of anilines is 1. The van der Waals surface area contributed by atoms with Gasteiger partial charge in [0.05, 0.1) is 17.0 Å². The summed E-state index contributed by atoms with van der Waals surface area (Å²) in [6, 6.07) is 1.08. The average molecular weight is 349 g/mol. The summed E-state index contributed by atoms with van der Waals surface area (Å²) in [5, 5.41) is 5.60. The number of carbonyl (C=O) groups excluding carboxylic acids is 1. The fourth-order valence-electron chi connectivity index (χ4n) is 1.89. The van der Waals surface area contributed by atoms with E-state index in [4.69, 9.17) is 11.6 Å². The van der Waals surface area contributed by atoms with Crippen molar-refractivity contribution in [2.75, 3.05) is 24.7 Å². The first-order valence-corrected chi connectivity index (χ1v) is 9.05. The van der Waals surface area contributed by atoms with E-state index in [2.05, 4.69) is 15.6 Å². The summed E-state index contributed by atoms with van der Waals surface area (Å²) in [5.74, 6) is 0. The van der Waals surface area contributed by atoms with E-state index < -0.39 is 16.1 Å². The lowest BCUT2D eigenvalue weighted by atomic mass is 10.3. The largest absolute Gasteiger partial charge is 0.338 e. The lowest BCUT2D eigenvalue weighted by molar-refractivity contribution is 0.251. The number of hydrogen-bond acceptors (Lipinski definition) is 4. The second-order valence-electron chi connectivity index (χ2n) is 5.06. The van der Waals surface area contributed by atoms with Crippen molar-refractivity contribution >= 4 is 33.3 Å². The van der Waals surface area contributed by atoms with Gasteiger partial charge in [0, 0.05) is 31.5 Å². The molecule has 2 N–H and O–H groups in total. The number of pyridine rings is 1. The fraction of sp³-hybridized carbons (Fsp3) is 0.538. The van der Waals surface area contributed by atoms with Gasteiger partial charge in [-0.3, -0.25) is 4.98 Å². The number of nitrogens with zero attached hydrogens (tertiary/aromatic N) is 2. The fourth-order valence-corrected chi connectivity index (χ4v) is 3.28. The van der Waals surface area contributed by atoms with Crippen LogP contribution in [0.15, 0.2) is 18.5 Å². The van der Waals surface area contributed by atoms with Crippen molar-refractivity contribution in [1.29, 1.82) is 0 Å². The maximum absolute atomic E-state index is 11.7. The molecule has 0 aromatic carbocycles. The molecule has 22 heavy (non-hydrogen) atoms. The van der Waals surface area contributed by atoms with E-state index in [1.165, 1.54) is 23.0 Å². The van der Waals surface area contributed by atoms with Crippen molar-refractivity contribution in [2.24, 2.45) is 0 Å². The van der Waals surface area contributed by atoms with Crippen LogP contribution in [0.5, 0.6) is 0 Å². The van der Waals surface area contributed by atoms with E-state index in [0.717, 1.165) is 0 Å². The SMILES string of the molecule is CC(C)N(CCCNC(=O)Nc1ccncc1Cl)S(C)(=O)=O. The summed E-state index contributed by atoms with van der Waals surface area (Å²) in [7, 11) is -3.24. The third kappa shape index (κ3) is 6.17. The maximum atomic E-state index is 11.7. The summed E-state index contributed by atoms with van der Waals surface area (Å²) in [4.78, 5) is 15.5. The number of aromatic nitrogens is 1. The zero-order valence-electron chi connectivity index (χ0n) is 12.8. The normalized spacial score (nSPS) is 11.7. The molecule has 124 valence electrons. The Balaban J connectivity index is 2.38. The van der Waals surface area contributed by atoms with Gasteiger partial charge >= 0.3 is 6.03 Å². The van der Waals surface area contributed by atoms with Crippen LogP contribution in [0.2, 0.25) is 5.02 Å². The van der Waals surface area contributed by atoms with Crippen molar-refractivity contribution < 1.29 is 13.2 Å². The quantitative estimate of drug-likeness (QED) is 0.736. The minimum atomic E-state index is -3.24. The molecule has 2 amide bonds. The Kier molecular flexibility index (Phi) is 7.05. The van der Waals surface area contributed by atoms with Crippen LogP contribution in [0.4, 0.5) is 10.5 Å². The summed E-state index contributed by atoms with van der Waals surface area (Å²) in [6.45, 7) is 4.33. The van der Waals surface area contributed by atoms with Crippen LogP contribution >= 0.6 is 11.6 Å². The predicted octanol–water partition coefficient (Wildman–Crippen LogP) is 1.92. The number of nitrogens with one attached hydrogen (secondary N) is 2. The van der Waals surface area contributed by atoms with Crippen LogP contribution in [-0.4, -0.2) is 49.1 Å². The zero-order chi connectivity index (χ0) is 16.8. The highest BCUT2D eigenvalue weighted by Gasteiger charge is 2.19. The standard InChI is InChI=1S/C13H21ClN4O3S/c1-10(2)18(22(3,20)21)8-4-6-16-13(19)17-12-5-7-15-9-11(12)14/h5,7,9-10H,4,6,8H2,1-3H3,(H2,15,16,17,19). The van der Waals surface area contributed by atoms with Gasteiger partial charge in [0.25, 0.3) is 0 Å². The molecule has 0 aliphatic carbocycles. The summed E-state index contributed by atoms with van der Waals surface area (Å²) >= 11 is 5.88. The monoisotopic (exact) mass is 348 g/mol. The summed E-state index contributed by atoms with van der Waals surface area (Å²) in [5.41, 5.74) is 0.467. The average Bonchev–Trinajstić information content (AvgIpc) is 2.39. The molecule has 1 aromatic heterocycles. The zero-order valence-corrected chi connectivity index (χ0v) is 14.4. The molecular weight excluding hydrogens is 328 g/mol. The molecule has 1 heterocycles. The van der Waals surface area contributed by atoms with E-state index >= 15 is 0 Å². The first-order chi connectivity index (χ1) is 10.2. The van der Waals surface area contributed by atoms with Gasteiger partial charge in [-0.25, -0.2) is 13.2 Å². The van der Waals surface area contributed by atoms with Crippen LogP contribution < -0.4 is 10.6 Å². The Morgan fingerprint density at radius 1 is 1.45 bits per heavy atom. The Labute approximate surface area is 136 Å². The lowest BCUT2D eigenvalue weighted by Gasteiger charge is -2.23. The smallest absolute Gasteiger partial charge is 0.319 e. The third-order valence-electron chi connectivity index (χ3n) is 2.86. The first-order valence-electron chi connectivity index (χ1n) is 6.83. The molecule has 0 aliphatic heterocycles. The number of halogens is 1. The third-order valence-corrected chi connectivity index (χ3v) is 4.62. The second kappa shape index (κ2) is 8.30. The van der Waals surface area contributed by atoms with Crippen LogP contribution in [-0.2, 0) is 10.0 Å². The van der Waals surface area contributed by atoms with Crippen molar-refractivity contribution in [3.8, 4) is 0 Å². The molecule has 1 aromatic rings. The van der Waals surface area contributed by atoms with Gasteiger partial charge in [-0.05, 0) is 26.3 Å². The minimum Gasteiger partial charge on any atom is -0.338 e. The molecule has 0 bridgehead atoms. The van der Waals surface area contributed by atoms with E-state index in [9.17, 15) is 13.2 Å².